The first-order valence-corrected chi connectivity index (χ1v) is 14.0. The molecule has 30 heavy (non-hydrogen) atoms. The van der Waals surface area contributed by atoms with E-state index in [-0.39, 0.29) is 0 Å². The van der Waals surface area contributed by atoms with E-state index in [0.29, 0.717) is 5.92 Å². The van der Waals surface area contributed by atoms with Crippen LogP contribution in [0.3, 0.4) is 0 Å². The number of aromatic nitrogens is 2. The topological polar surface area (TPSA) is 17.3 Å². The van der Waals surface area contributed by atoms with Crippen LogP contribution in [-0.4, -0.2) is 9.38 Å². The van der Waals surface area contributed by atoms with Crippen molar-refractivity contribution in [2.24, 2.45) is 17.8 Å². The SMILES string of the molecule is CCCCCCCC1CCC(CCC(C)CCCC(C)c2csc3nccn23)CC1. The van der Waals surface area contributed by atoms with Gasteiger partial charge >= 0.3 is 0 Å². The van der Waals surface area contributed by atoms with Gasteiger partial charge in [-0.2, -0.15) is 0 Å². The van der Waals surface area contributed by atoms with Gasteiger partial charge < -0.3 is 0 Å². The van der Waals surface area contributed by atoms with Gasteiger partial charge in [0, 0.05) is 23.5 Å². The van der Waals surface area contributed by atoms with Crippen LogP contribution in [0.25, 0.3) is 4.96 Å². The minimum absolute atomic E-state index is 0.636. The van der Waals surface area contributed by atoms with E-state index >= 15 is 0 Å². The molecule has 3 rings (SSSR count). The summed E-state index contributed by atoms with van der Waals surface area (Å²) in [5.74, 6) is 3.62. The maximum absolute atomic E-state index is 4.41. The minimum Gasteiger partial charge on any atom is -0.294 e. The highest BCUT2D eigenvalue weighted by molar-refractivity contribution is 7.15. The fourth-order valence-corrected chi connectivity index (χ4v) is 6.50. The first kappa shape index (κ1) is 23.8. The van der Waals surface area contributed by atoms with E-state index < -0.39 is 0 Å². The normalized spacial score (nSPS) is 21.8. The van der Waals surface area contributed by atoms with Crippen molar-refractivity contribution >= 4 is 16.3 Å². The van der Waals surface area contributed by atoms with Crippen LogP contribution < -0.4 is 0 Å². The molecule has 2 aromatic rings. The standard InChI is InChI=1S/C27H46N2S/c1-4-5-6-7-8-12-24-15-17-25(18-16-24)14-13-22(2)10-9-11-23(3)26-21-30-27-28-19-20-29(26)27/h19-25H,4-18H2,1-3H3. The molecule has 1 aliphatic carbocycles. The van der Waals surface area contributed by atoms with Crippen LogP contribution >= 0.6 is 11.3 Å². The third-order valence-corrected chi connectivity index (χ3v) is 8.63. The number of hydrogen-bond acceptors (Lipinski definition) is 2. The summed E-state index contributed by atoms with van der Waals surface area (Å²) < 4.78 is 2.28. The molecule has 0 aromatic carbocycles. The van der Waals surface area contributed by atoms with Gasteiger partial charge in [0.25, 0.3) is 0 Å². The van der Waals surface area contributed by atoms with Crippen molar-refractivity contribution in [1.82, 2.24) is 9.38 Å². The van der Waals surface area contributed by atoms with Crippen LogP contribution in [0.15, 0.2) is 17.8 Å². The molecule has 2 aromatic heterocycles. The zero-order valence-corrected chi connectivity index (χ0v) is 20.8. The van der Waals surface area contributed by atoms with Crippen LogP contribution in [0.5, 0.6) is 0 Å². The van der Waals surface area contributed by atoms with Gasteiger partial charge in [-0.3, -0.25) is 4.40 Å². The summed E-state index contributed by atoms with van der Waals surface area (Å²) in [5.41, 5.74) is 1.45. The minimum atomic E-state index is 0.636. The van der Waals surface area contributed by atoms with Gasteiger partial charge in [-0.1, -0.05) is 111 Å². The summed E-state index contributed by atoms with van der Waals surface area (Å²) >= 11 is 1.77. The van der Waals surface area contributed by atoms with E-state index in [1.165, 1.54) is 102 Å². The molecule has 2 unspecified atom stereocenters. The molecule has 0 saturated heterocycles. The summed E-state index contributed by atoms with van der Waals surface area (Å²) in [6.07, 6.45) is 25.9. The Morgan fingerprint density at radius 1 is 0.933 bits per heavy atom. The smallest absolute Gasteiger partial charge is 0.193 e. The van der Waals surface area contributed by atoms with E-state index in [1.807, 2.05) is 6.20 Å². The van der Waals surface area contributed by atoms with Crippen LogP contribution in [0.4, 0.5) is 0 Å². The van der Waals surface area contributed by atoms with Crippen LogP contribution in [0.1, 0.15) is 129 Å². The highest BCUT2D eigenvalue weighted by atomic mass is 32.1. The second-order valence-corrected chi connectivity index (χ2v) is 11.2. The number of fused-ring (bicyclic) bond motifs is 1. The lowest BCUT2D eigenvalue weighted by atomic mass is 9.77. The molecule has 1 fully saturated rings. The molecule has 170 valence electrons. The molecule has 1 saturated carbocycles. The van der Waals surface area contributed by atoms with Gasteiger partial charge in [0.2, 0.25) is 0 Å². The van der Waals surface area contributed by atoms with E-state index in [4.69, 9.17) is 0 Å². The maximum Gasteiger partial charge on any atom is 0.193 e. The third kappa shape index (κ3) is 7.39. The van der Waals surface area contributed by atoms with Crippen molar-refractivity contribution < 1.29 is 0 Å². The van der Waals surface area contributed by atoms with Crippen molar-refractivity contribution in [1.29, 1.82) is 0 Å². The first-order valence-electron chi connectivity index (χ1n) is 13.1. The summed E-state index contributed by atoms with van der Waals surface area (Å²) in [5, 5.41) is 2.30. The number of imidazole rings is 1. The molecule has 0 N–H and O–H groups in total. The molecule has 2 heterocycles. The van der Waals surface area contributed by atoms with E-state index in [2.05, 4.69) is 41.7 Å². The Hall–Kier alpha value is -0.830. The van der Waals surface area contributed by atoms with Gasteiger partial charge in [-0.15, -0.1) is 11.3 Å². The average molecular weight is 431 g/mol. The van der Waals surface area contributed by atoms with Crippen molar-refractivity contribution in [3.63, 3.8) is 0 Å². The Labute approximate surface area is 189 Å². The molecule has 0 aliphatic heterocycles. The Balaban J connectivity index is 1.23. The van der Waals surface area contributed by atoms with E-state index in [1.54, 1.807) is 11.3 Å². The maximum atomic E-state index is 4.41. The monoisotopic (exact) mass is 430 g/mol. The van der Waals surface area contributed by atoms with Crippen molar-refractivity contribution in [3.05, 3.63) is 23.5 Å². The molecule has 0 radical (unpaired) electrons. The lowest BCUT2D eigenvalue weighted by molar-refractivity contribution is 0.236. The van der Waals surface area contributed by atoms with Crippen LogP contribution in [0, 0.1) is 17.8 Å². The number of thiazole rings is 1. The molecule has 0 amide bonds. The van der Waals surface area contributed by atoms with Crippen molar-refractivity contribution in [2.45, 2.75) is 123 Å². The molecule has 3 heteroatoms. The first-order chi connectivity index (χ1) is 14.7. The highest BCUT2D eigenvalue weighted by Crippen LogP contribution is 2.35. The number of nitrogens with zero attached hydrogens (tertiary/aromatic N) is 2. The zero-order valence-electron chi connectivity index (χ0n) is 20.0. The molecule has 2 nitrogen and oxygen atoms in total. The van der Waals surface area contributed by atoms with Crippen LogP contribution in [0.2, 0.25) is 0 Å². The van der Waals surface area contributed by atoms with Gasteiger partial charge in [0.05, 0.1) is 0 Å². The van der Waals surface area contributed by atoms with Gasteiger partial charge in [-0.05, 0) is 30.1 Å². The Morgan fingerprint density at radius 2 is 1.67 bits per heavy atom. The summed E-state index contributed by atoms with van der Waals surface area (Å²) in [4.78, 5) is 5.55. The zero-order chi connectivity index (χ0) is 21.2. The van der Waals surface area contributed by atoms with Gasteiger partial charge in [0.1, 0.15) is 0 Å². The Bertz CT molecular complexity index is 695. The number of unbranched alkanes of at least 4 members (excludes halogenated alkanes) is 4. The fraction of sp³-hybridized carbons (Fsp3) is 0.815. The molecule has 1 aliphatic rings. The second kappa shape index (κ2) is 12.9. The number of hydrogen-bond donors (Lipinski definition) is 0. The van der Waals surface area contributed by atoms with Gasteiger partial charge in [-0.25, -0.2) is 4.98 Å². The predicted octanol–water partition coefficient (Wildman–Crippen LogP) is 9.25. The molecule has 0 bridgehead atoms. The van der Waals surface area contributed by atoms with E-state index in [9.17, 15) is 0 Å². The Kier molecular flexibility index (Phi) is 10.2. The quantitative estimate of drug-likeness (QED) is 0.273. The van der Waals surface area contributed by atoms with Gasteiger partial charge in [0.15, 0.2) is 4.96 Å². The second-order valence-electron chi connectivity index (χ2n) is 10.3. The lowest BCUT2D eigenvalue weighted by Crippen LogP contribution is -2.15. The number of rotatable bonds is 14. The highest BCUT2D eigenvalue weighted by Gasteiger charge is 2.21. The van der Waals surface area contributed by atoms with Crippen molar-refractivity contribution in [3.8, 4) is 0 Å². The fourth-order valence-electron chi connectivity index (χ4n) is 5.53. The predicted molar refractivity (Wildman–Crippen MR) is 133 cm³/mol. The Morgan fingerprint density at radius 3 is 2.43 bits per heavy atom. The molecule has 0 spiro atoms. The van der Waals surface area contributed by atoms with Crippen LogP contribution in [-0.2, 0) is 0 Å². The lowest BCUT2D eigenvalue weighted by Gasteiger charge is -2.29. The summed E-state index contributed by atoms with van der Waals surface area (Å²) in [6.45, 7) is 7.19. The molecule has 2 atom stereocenters. The summed E-state index contributed by atoms with van der Waals surface area (Å²) in [7, 11) is 0. The van der Waals surface area contributed by atoms with E-state index in [0.717, 1.165) is 22.7 Å². The third-order valence-electron chi connectivity index (χ3n) is 7.76. The largest absolute Gasteiger partial charge is 0.294 e. The molecular weight excluding hydrogens is 384 g/mol. The average Bonchev–Trinajstić information content (AvgIpc) is 3.37. The van der Waals surface area contributed by atoms with Crippen molar-refractivity contribution in [2.75, 3.05) is 0 Å². The molecular formula is C27H46N2S. The summed E-state index contributed by atoms with van der Waals surface area (Å²) in [6, 6.07) is 0.